The van der Waals surface area contributed by atoms with Gasteiger partial charge in [-0.05, 0) is 25.0 Å². The molecular formula is C14H17N3O. The van der Waals surface area contributed by atoms with E-state index in [9.17, 15) is 4.79 Å². The molecule has 1 amide bonds. The van der Waals surface area contributed by atoms with Crippen molar-refractivity contribution >= 4 is 16.8 Å². The number of primary amides is 1. The fourth-order valence-corrected chi connectivity index (χ4v) is 2.98. The SMILES string of the molecule is CC1(CC(N)=O)NCCc2c1[nH]c1ccccc21. The van der Waals surface area contributed by atoms with E-state index >= 15 is 0 Å². The van der Waals surface area contributed by atoms with E-state index in [2.05, 4.69) is 22.4 Å². The van der Waals surface area contributed by atoms with Crippen LogP contribution in [-0.2, 0) is 16.8 Å². The summed E-state index contributed by atoms with van der Waals surface area (Å²) in [6.45, 7) is 2.91. The number of amides is 1. The van der Waals surface area contributed by atoms with Crippen molar-refractivity contribution in [3.63, 3.8) is 0 Å². The van der Waals surface area contributed by atoms with E-state index in [1.807, 2.05) is 19.1 Å². The van der Waals surface area contributed by atoms with Gasteiger partial charge in [0.2, 0.25) is 5.91 Å². The molecule has 3 rings (SSSR count). The van der Waals surface area contributed by atoms with Crippen molar-refractivity contribution in [3.8, 4) is 0 Å². The monoisotopic (exact) mass is 243 g/mol. The van der Waals surface area contributed by atoms with Crippen LogP contribution in [0.2, 0.25) is 0 Å². The number of benzene rings is 1. The van der Waals surface area contributed by atoms with Crippen molar-refractivity contribution < 1.29 is 4.79 Å². The number of aromatic nitrogens is 1. The van der Waals surface area contributed by atoms with Crippen LogP contribution in [0.3, 0.4) is 0 Å². The standard InChI is InChI=1S/C14H17N3O/c1-14(8-12(15)18)13-10(6-7-16-14)9-4-2-3-5-11(9)17-13/h2-5,16-17H,6-8H2,1H3,(H2,15,18). The molecule has 94 valence electrons. The predicted octanol–water partition coefficient (Wildman–Crippen LogP) is 1.40. The summed E-state index contributed by atoms with van der Waals surface area (Å²) in [6.07, 6.45) is 1.29. The van der Waals surface area contributed by atoms with Gasteiger partial charge < -0.3 is 16.0 Å². The number of rotatable bonds is 2. The van der Waals surface area contributed by atoms with Crippen molar-refractivity contribution in [3.05, 3.63) is 35.5 Å². The van der Waals surface area contributed by atoms with E-state index in [0.29, 0.717) is 6.42 Å². The van der Waals surface area contributed by atoms with Gasteiger partial charge in [0.25, 0.3) is 0 Å². The summed E-state index contributed by atoms with van der Waals surface area (Å²) < 4.78 is 0. The summed E-state index contributed by atoms with van der Waals surface area (Å²) in [5, 5.41) is 4.67. The van der Waals surface area contributed by atoms with Gasteiger partial charge in [0.1, 0.15) is 0 Å². The number of aromatic amines is 1. The second kappa shape index (κ2) is 3.85. The molecule has 4 heteroatoms. The molecule has 2 aromatic rings. The Morgan fingerprint density at radius 2 is 2.22 bits per heavy atom. The van der Waals surface area contributed by atoms with Gasteiger partial charge >= 0.3 is 0 Å². The maximum absolute atomic E-state index is 11.3. The van der Waals surface area contributed by atoms with Crippen molar-refractivity contribution in [2.24, 2.45) is 5.73 Å². The first-order chi connectivity index (χ1) is 8.60. The maximum atomic E-state index is 11.3. The fraction of sp³-hybridized carbons (Fsp3) is 0.357. The Balaban J connectivity index is 2.18. The summed E-state index contributed by atoms with van der Waals surface area (Å²) in [6, 6.07) is 8.26. The van der Waals surface area contributed by atoms with E-state index in [4.69, 9.17) is 5.73 Å². The molecular weight excluding hydrogens is 226 g/mol. The lowest BCUT2D eigenvalue weighted by atomic mass is 9.86. The van der Waals surface area contributed by atoms with Gasteiger partial charge in [0, 0.05) is 29.6 Å². The van der Waals surface area contributed by atoms with Gasteiger partial charge in [-0.1, -0.05) is 18.2 Å². The maximum Gasteiger partial charge on any atom is 0.219 e. The molecule has 4 nitrogen and oxygen atoms in total. The molecule has 0 fully saturated rings. The highest BCUT2D eigenvalue weighted by atomic mass is 16.1. The van der Waals surface area contributed by atoms with Crippen LogP contribution in [0.15, 0.2) is 24.3 Å². The van der Waals surface area contributed by atoms with Crippen LogP contribution >= 0.6 is 0 Å². The topological polar surface area (TPSA) is 70.9 Å². The zero-order valence-electron chi connectivity index (χ0n) is 10.4. The van der Waals surface area contributed by atoms with Crippen molar-refractivity contribution in [1.29, 1.82) is 0 Å². The van der Waals surface area contributed by atoms with Gasteiger partial charge in [-0.25, -0.2) is 0 Å². The molecule has 0 radical (unpaired) electrons. The highest BCUT2D eigenvalue weighted by molar-refractivity contribution is 5.86. The number of hydrogen-bond donors (Lipinski definition) is 3. The van der Waals surface area contributed by atoms with Gasteiger partial charge in [-0.3, -0.25) is 4.79 Å². The van der Waals surface area contributed by atoms with E-state index < -0.39 is 0 Å². The number of nitrogens with two attached hydrogens (primary N) is 1. The van der Waals surface area contributed by atoms with Crippen LogP contribution in [0.4, 0.5) is 0 Å². The predicted molar refractivity (Wildman–Crippen MR) is 71.2 cm³/mol. The highest BCUT2D eigenvalue weighted by Gasteiger charge is 2.35. The molecule has 0 saturated carbocycles. The van der Waals surface area contributed by atoms with E-state index in [1.165, 1.54) is 10.9 Å². The molecule has 1 aliphatic heterocycles. The lowest BCUT2D eigenvalue weighted by molar-refractivity contribution is -0.119. The molecule has 2 heterocycles. The van der Waals surface area contributed by atoms with Crippen LogP contribution < -0.4 is 11.1 Å². The van der Waals surface area contributed by atoms with Crippen molar-refractivity contribution in [2.75, 3.05) is 6.54 Å². The number of para-hydroxylation sites is 1. The largest absolute Gasteiger partial charge is 0.370 e. The molecule has 1 aromatic carbocycles. The van der Waals surface area contributed by atoms with Gasteiger partial charge in [-0.2, -0.15) is 0 Å². The average Bonchev–Trinajstić information content (AvgIpc) is 2.69. The first-order valence-corrected chi connectivity index (χ1v) is 6.23. The average molecular weight is 243 g/mol. The molecule has 1 aromatic heterocycles. The minimum atomic E-state index is -0.377. The third kappa shape index (κ3) is 1.61. The Bertz CT molecular complexity index is 617. The molecule has 18 heavy (non-hydrogen) atoms. The molecule has 1 aliphatic rings. The Kier molecular flexibility index (Phi) is 2.41. The Hall–Kier alpha value is -1.81. The second-order valence-electron chi connectivity index (χ2n) is 5.18. The first-order valence-electron chi connectivity index (χ1n) is 6.23. The van der Waals surface area contributed by atoms with E-state index in [-0.39, 0.29) is 11.4 Å². The zero-order chi connectivity index (χ0) is 12.8. The van der Waals surface area contributed by atoms with Gasteiger partial charge in [-0.15, -0.1) is 0 Å². The number of carbonyl (C=O) groups is 1. The summed E-state index contributed by atoms with van der Waals surface area (Å²) in [7, 11) is 0. The third-order valence-corrected chi connectivity index (χ3v) is 3.78. The van der Waals surface area contributed by atoms with Crippen molar-refractivity contribution in [1.82, 2.24) is 10.3 Å². The zero-order valence-corrected chi connectivity index (χ0v) is 10.4. The molecule has 0 aliphatic carbocycles. The number of fused-ring (bicyclic) bond motifs is 3. The number of hydrogen-bond acceptors (Lipinski definition) is 2. The van der Waals surface area contributed by atoms with Gasteiger partial charge in [0.15, 0.2) is 0 Å². The molecule has 1 unspecified atom stereocenters. The van der Waals surface area contributed by atoms with E-state index in [1.54, 1.807) is 0 Å². The van der Waals surface area contributed by atoms with Crippen LogP contribution in [0.1, 0.15) is 24.6 Å². The smallest absolute Gasteiger partial charge is 0.219 e. The first kappa shape index (κ1) is 11.3. The minimum Gasteiger partial charge on any atom is -0.370 e. The van der Waals surface area contributed by atoms with E-state index in [0.717, 1.165) is 24.2 Å². The van der Waals surface area contributed by atoms with Crippen molar-refractivity contribution in [2.45, 2.75) is 25.3 Å². The number of carbonyl (C=O) groups excluding carboxylic acids is 1. The summed E-state index contributed by atoms with van der Waals surface area (Å²) in [4.78, 5) is 14.7. The quantitative estimate of drug-likeness (QED) is 0.746. The lowest BCUT2D eigenvalue weighted by Crippen LogP contribution is -2.47. The molecule has 4 N–H and O–H groups in total. The summed E-state index contributed by atoms with van der Waals surface area (Å²) in [5.41, 5.74) is 8.54. The number of nitrogens with one attached hydrogen (secondary N) is 2. The third-order valence-electron chi connectivity index (χ3n) is 3.78. The fourth-order valence-electron chi connectivity index (χ4n) is 2.98. The Morgan fingerprint density at radius 1 is 1.44 bits per heavy atom. The summed E-state index contributed by atoms with van der Waals surface area (Å²) >= 11 is 0. The Labute approximate surface area is 106 Å². The molecule has 0 bridgehead atoms. The summed E-state index contributed by atoms with van der Waals surface area (Å²) in [5.74, 6) is -0.281. The van der Waals surface area contributed by atoms with Gasteiger partial charge in [0.05, 0.1) is 5.54 Å². The lowest BCUT2D eigenvalue weighted by Gasteiger charge is -2.34. The molecule has 0 saturated heterocycles. The highest BCUT2D eigenvalue weighted by Crippen LogP contribution is 2.35. The van der Waals surface area contributed by atoms with Crippen LogP contribution in [0, 0.1) is 0 Å². The minimum absolute atomic E-state index is 0.281. The Morgan fingerprint density at radius 3 is 3.00 bits per heavy atom. The molecule has 1 atom stereocenters. The van der Waals surface area contributed by atoms with Crippen LogP contribution in [0.25, 0.3) is 10.9 Å². The van der Waals surface area contributed by atoms with Crippen LogP contribution in [-0.4, -0.2) is 17.4 Å². The molecule has 0 spiro atoms. The second-order valence-corrected chi connectivity index (χ2v) is 5.18. The number of H-pyrrole nitrogens is 1. The van der Waals surface area contributed by atoms with Crippen LogP contribution in [0.5, 0.6) is 0 Å². The normalized spacial score (nSPS) is 22.9.